The highest BCUT2D eigenvalue weighted by molar-refractivity contribution is 6.60. The van der Waals surface area contributed by atoms with Gasteiger partial charge in [-0.3, -0.25) is 0 Å². The van der Waals surface area contributed by atoms with Crippen LogP contribution in [0.4, 0.5) is 0 Å². The van der Waals surface area contributed by atoms with Gasteiger partial charge in [0.15, 0.2) is 0 Å². The molecule has 3 rings (SSSR count). The Hall–Kier alpha value is -2.36. The van der Waals surface area contributed by atoms with Crippen molar-refractivity contribution in [3.05, 3.63) is 108 Å². The fraction of sp³-hybridized carbons (Fsp3) is 0.600. The lowest BCUT2D eigenvalue weighted by atomic mass is 10.1. The molecule has 0 saturated carbocycles. The highest BCUT2D eigenvalue weighted by Gasteiger charge is 2.40. The first-order valence-corrected chi connectivity index (χ1v) is 22.5. The van der Waals surface area contributed by atoms with E-state index in [1.165, 1.54) is 74.5 Å². The average Bonchev–Trinajstić information content (AvgIpc) is 3.18. The fourth-order valence-corrected chi connectivity index (χ4v) is 8.80. The van der Waals surface area contributed by atoms with E-state index in [9.17, 15) is 0 Å². The Morgan fingerprint density at radius 2 is 0.654 bits per heavy atom. The van der Waals surface area contributed by atoms with Gasteiger partial charge in [-0.05, 0) is 61.6 Å². The minimum atomic E-state index is -2.87. The molecule has 7 heteroatoms. The summed E-state index contributed by atoms with van der Waals surface area (Å²) >= 11 is 0. The van der Waals surface area contributed by atoms with E-state index in [-0.39, 0.29) is 0 Å². The van der Waals surface area contributed by atoms with E-state index < -0.39 is 8.80 Å². The van der Waals surface area contributed by atoms with Gasteiger partial charge in [-0.15, -0.1) is 0 Å². The lowest BCUT2D eigenvalue weighted by molar-refractivity contribution is 0.0455. The molecule has 0 atom stereocenters. The van der Waals surface area contributed by atoms with Crippen LogP contribution in [0.3, 0.4) is 0 Å². The molecular formula is C45H70O6Si. The Morgan fingerprint density at radius 3 is 1.00 bits per heavy atom. The molecule has 3 aromatic rings. The van der Waals surface area contributed by atoms with E-state index in [1.807, 2.05) is 18.2 Å². The van der Waals surface area contributed by atoms with Crippen LogP contribution in [0.2, 0.25) is 6.04 Å². The quantitative estimate of drug-likeness (QED) is 0.0443. The Labute approximate surface area is 318 Å². The zero-order valence-corrected chi connectivity index (χ0v) is 33.5. The van der Waals surface area contributed by atoms with Crippen molar-refractivity contribution in [2.24, 2.45) is 0 Å². The topological polar surface area (TPSA) is 55.4 Å². The maximum absolute atomic E-state index is 6.72. The Kier molecular flexibility index (Phi) is 26.3. The lowest BCUT2D eigenvalue weighted by Crippen LogP contribution is -2.46. The van der Waals surface area contributed by atoms with Gasteiger partial charge in [0, 0.05) is 45.7 Å². The first-order valence-electron chi connectivity index (χ1n) is 20.6. The zero-order chi connectivity index (χ0) is 36.5. The monoisotopic (exact) mass is 734 g/mol. The highest BCUT2D eigenvalue weighted by atomic mass is 28.4. The minimum absolute atomic E-state index is 0.638. The number of unbranched alkanes of at least 4 members (excludes halogenated alkanes) is 12. The molecule has 0 amide bonds. The summed E-state index contributed by atoms with van der Waals surface area (Å²) in [7, 11) is -2.87. The van der Waals surface area contributed by atoms with Gasteiger partial charge in [0.05, 0.1) is 19.8 Å². The molecular weight excluding hydrogens is 665 g/mol. The third kappa shape index (κ3) is 22.6. The van der Waals surface area contributed by atoms with Crippen LogP contribution in [-0.2, 0) is 47.3 Å². The molecule has 0 bridgehead atoms. The van der Waals surface area contributed by atoms with Crippen molar-refractivity contribution < 1.29 is 27.5 Å². The molecule has 0 heterocycles. The van der Waals surface area contributed by atoms with Gasteiger partial charge >= 0.3 is 8.80 Å². The summed E-state index contributed by atoms with van der Waals surface area (Å²) in [5, 5.41) is 0. The SMILES string of the molecule is CCCCCCCCCCCC[Si](OCCCCOCc1ccccc1)(OCCCCOCc1ccccc1)OCCCCOCc1ccccc1. The highest BCUT2D eigenvalue weighted by Crippen LogP contribution is 2.23. The van der Waals surface area contributed by atoms with Gasteiger partial charge in [0.2, 0.25) is 0 Å². The van der Waals surface area contributed by atoms with Crippen LogP contribution in [0.5, 0.6) is 0 Å². The first-order chi connectivity index (χ1) is 25.8. The van der Waals surface area contributed by atoms with Crippen molar-refractivity contribution in [1.82, 2.24) is 0 Å². The van der Waals surface area contributed by atoms with Crippen LogP contribution < -0.4 is 0 Å². The standard InChI is InChI=1S/C45H70O6Si/c1-2-3-4-5-6-7-8-9-10-26-39-52(49-36-23-20-33-46-40-43-27-14-11-15-28-43,50-37-24-21-34-47-41-44-29-16-12-17-30-44)51-38-25-22-35-48-42-45-31-18-13-19-32-45/h11-19,27-32H,2-10,20-26,33-42H2,1H3. The van der Waals surface area contributed by atoms with Gasteiger partial charge in [0.25, 0.3) is 0 Å². The molecule has 6 nitrogen and oxygen atoms in total. The van der Waals surface area contributed by atoms with E-state index >= 15 is 0 Å². The number of rotatable bonds is 35. The average molecular weight is 735 g/mol. The fourth-order valence-electron chi connectivity index (χ4n) is 6.06. The molecule has 0 N–H and O–H groups in total. The molecule has 0 aliphatic heterocycles. The van der Waals surface area contributed by atoms with Crippen LogP contribution in [0.1, 0.15) is 126 Å². The van der Waals surface area contributed by atoms with Crippen molar-refractivity contribution in [3.8, 4) is 0 Å². The first kappa shape index (κ1) is 44.0. The third-order valence-electron chi connectivity index (χ3n) is 9.19. The van der Waals surface area contributed by atoms with Gasteiger partial charge in [-0.2, -0.15) is 0 Å². The normalized spacial score (nSPS) is 11.7. The molecule has 0 spiro atoms. The van der Waals surface area contributed by atoms with Crippen LogP contribution >= 0.6 is 0 Å². The molecule has 0 unspecified atom stereocenters. The van der Waals surface area contributed by atoms with E-state index in [0.717, 1.165) is 70.8 Å². The lowest BCUT2D eigenvalue weighted by Gasteiger charge is -2.30. The summed E-state index contributed by atoms with van der Waals surface area (Å²) in [6.45, 7) is 8.31. The van der Waals surface area contributed by atoms with Crippen LogP contribution in [0.15, 0.2) is 91.0 Å². The molecule has 0 radical (unpaired) electrons. The van der Waals surface area contributed by atoms with Gasteiger partial charge < -0.3 is 27.5 Å². The van der Waals surface area contributed by atoms with Crippen LogP contribution in [-0.4, -0.2) is 48.4 Å². The van der Waals surface area contributed by atoms with Crippen molar-refractivity contribution in [1.29, 1.82) is 0 Å². The Morgan fingerprint density at radius 1 is 0.346 bits per heavy atom. The van der Waals surface area contributed by atoms with Crippen LogP contribution in [0, 0.1) is 0 Å². The smallest absolute Gasteiger partial charge is 0.377 e. The zero-order valence-electron chi connectivity index (χ0n) is 32.5. The predicted molar refractivity (Wildman–Crippen MR) is 216 cm³/mol. The van der Waals surface area contributed by atoms with Crippen molar-refractivity contribution >= 4 is 8.80 Å². The van der Waals surface area contributed by atoms with Crippen molar-refractivity contribution in [3.63, 3.8) is 0 Å². The molecule has 0 fully saturated rings. The minimum Gasteiger partial charge on any atom is -0.377 e. The van der Waals surface area contributed by atoms with Gasteiger partial charge in [0.1, 0.15) is 0 Å². The third-order valence-corrected chi connectivity index (χ3v) is 12.1. The van der Waals surface area contributed by atoms with Gasteiger partial charge in [-0.25, -0.2) is 0 Å². The Bertz CT molecular complexity index is 1050. The number of benzene rings is 3. The summed E-state index contributed by atoms with van der Waals surface area (Å²) in [6, 6.07) is 32.0. The molecule has 3 aromatic carbocycles. The summed E-state index contributed by atoms with van der Waals surface area (Å²) in [5.74, 6) is 0. The molecule has 0 aliphatic rings. The van der Waals surface area contributed by atoms with E-state index in [0.29, 0.717) is 39.6 Å². The predicted octanol–water partition coefficient (Wildman–Crippen LogP) is 11.9. The second kappa shape index (κ2) is 31.0. The Balaban J connectivity index is 1.46. The number of hydrogen-bond acceptors (Lipinski definition) is 6. The summed E-state index contributed by atoms with van der Waals surface area (Å²) in [4.78, 5) is 0. The molecule has 52 heavy (non-hydrogen) atoms. The maximum atomic E-state index is 6.72. The van der Waals surface area contributed by atoms with Gasteiger partial charge in [-0.1, -0.05) is 156 Å². The molecule has 0 saturated heterocycles. The molecule has 290 valence electrons. The second-order valence-electron chi connectivity index (χ2n) is 13.9. The van der Waals surface area contributed by atoms with E-state index in [2.05, 4.69) is 79.7 Å². The summed E-state index contributed by atoms with van der Waals surface area (Å²) in [5.41, 5.74) is 3.62. The van der Waals surface area contributed by atoms with E-state index in [1.54, 1.807) is 0 Å². The largest absolute Gasteiger partial charge is 0.500 e. The van der Waals surface area contributed by atoms with Crippen molar-refractivity contribution in [2.75, 3.05) is 39.6 Å². The molecule has 0 aromatic heterocycles. The molecule has 0 aliphatic carbocycles. The second-order valence-corrected chi connectivity index (χ2v) is 16.6. The summed E-state index contributed by atoms with van der Waals surface area (Å²) < 4.78 is 38.0. The number of hydrogen-bond donors (Lipinski definition) is 0. The summed E-state index contributed by atoms with van der Waals surface area (Å²) in [6.07, 6.45) is 18.7. The van der Waals surface area contributed by atoms with E-state index in [4.69, 9.17) is 27.5 Å². The maximum Gasteiger partial charge on any atom is 0.500 e. The number of ether oxygens (including phenoxy) is 3. The van der Waals surface area contributed by atoms with Crippen LogP contribution in [0.25, 0.3) is 0 Å². The van der Waals surface area contributed by atoms with Crippen molar-refractivity contribution in [2.45, 2.75) is 136 Å².